The molecular formula is C15H21NO3. The van der Waals surface area contributed by atoms with Crippen LogP contribution in [0.25, 0.3) is 0 Å². The van der Waals surface area contributed by atoms with Gasteiger partial charge in [0.25, 0.3) is 0 Å². The Balaban J connectivity index is 1.78. The van der Waals surface area contributed by atoms with Crippen molar-refractivity contribution in [3.63, 3.8) is 0 Å². The second kappa shape index (κ2) is 6.68. The first kappa shape index (κ1) is 14.0. The van der Waals surface area contributed by atoms with Gasteiger partial charge < -0.3 is 15.2 Å². The zero-order chi connectivity index (χ0) is 13.7. The molecule has 1 aliphatic heterocycles. The van der Waals surface area contributed by atoms with E-state index in [1.54, 1.807) is 0 Å². The van der Waals surface area contributed by atoms with Gasteiger partial charge in [-0.2, -0.15) is 0 Å². The lowest BCUT2D eigenvalue weighted by Gasteiger charge is -2.30. The van der Waals surface area contributed by atoms with Crippen LogP contribution in [0.4, 0.5) is 0 Å². The van der Waals surface area contributed by atoms with E-state index in [-0.39, 0.29) is 18.1 Å². The van der Waals surface area contributed by atoms with Crippen LogP contribution in [-0.4, -0.2) is 29.8 Å². The molecule has 2 N–H and O–H groups in total. The van der Waals surface area contributed by atoms with Crippen molar-refractivity contribution in [3.05, 3.63) is 35.9 Å². The Labute approximate surface area is 113 Å². The van der Waals surface area contributed by atoms with Crippen LogP contribution in [0.5, 0.6) is 0 Å². The zero-order valence-electron chi connectivity index (χ0n) is 11.2. The average Bonchev–Trinajstić information content (AvgIpc) is 2.41. The highest BCUT2D eigenvalue weighted by Crippen LogP contribution is 2.22. The molecule has 1 saturated heterocycles. The largest absolute Gasteiger partial charge is 0.461 e. The van der Waals surface area contributed by atoms with Gasteiger partial charge in [-0.25, -0.2) is 0 Å². The number of rotatable bonds is 4. The molecule has 2 rings (SSSR count). The lowest BCUT2D eigenvalue weighted by Crippen LogP contribution is -2.43. The molecule has 1 aromatic rings. The van der Waals surface area contributed by atoms with Gasteiger partial charge in [-0.3, -0.25) is 4.79 Å². The number of nitrogens with one attached hydrogen (secondary N) is 1. The van der Waals surface area contributed by atoms with Crippen LogP contribution in [0, 0.1) is 0 Å². The summed E-state index contributed by atoms with van der Waals surface area (Å²) >= 11 is 0. The summed E-state index contributed by atoms with van der Waals surface area (Å²) in [4.78, 5) is 10.9. The van der Waals surface area contributed by atoms with Crippen molar-refractivity contribution in [2.45, 2.75) is 44.4 Å². The van der Waals surface area contributed by atoms with E-state index in [0.717, 1.165) is 18.4 Å². The van der Waals surface area contributed by atoms with Gasteiger partial charge in [0.2, 0.25) is 0 Å². The Kier molecular flexibility index (Phi) is 4.93. The lowest BCUT2D eigenvalue weighted by atomic mass is 9.95. The van der Waals surface area contributed by atoms with E-state index in [9.17, 15) is 9.90 Å². The molecule has 1 aromatic carbocycles. The van der Waals surface area contributed by atoms with Crippen molar-refractivity contribution in [1.29, 1.82) is 0 Å². The highest BCUT2D eigenvalue weighted by Gasteiger charge is 2.24. The topological polar surface area (TPSA) is 58.6 Å². The summed E-state index contributed by atoms with van der Waals surface area (Å²) in [5.74, 6) is -0.227. The molecule has 3 unspecified atom stereocenters. The second-order valence-electron chi connectivity index (χ2n) is 5.08. The van der Waals surface area contributed by atoms with Crippen molar-refractivity contribution in [3.8, 4) is 0 Å². The van der Waals surface area contributed by atoms with Gasteiger partial charge in [0.1, 0.15) is 6.10 Å². The Morgan fingerprint density at radius 1 is 1.42 bits per heavy atom. The van der Waals surface area contributed by atoms with E-state index in [0.29, 0.717) is 13.0 Å². The molecule has 3 atom stereocenters. The molecule has 0 saturated carbocycles. The number of ether oxygens (including phenoxy) is 1. The Hall–Kier alpha value is -1.39. The predicted octanol–water partition coefficient (Wildman–Crippen LogP) is 1.79. The van der Waals surface area contributed by atoms with Gasteiger partial charge in [0, 0.05) is 19.5 Å². The molecule has 0 aromatic heterocycles. The highest BCUT2D eigenvalue weighted by molar-refractivity contribution is 5.66. The molecule has 1 fully saturated rings. The molecule has 104 valence electrons. The number of esters is 1. The fourth-order valence-corrected chi connectivity index (χ4v) is 2.51. The Bertz CT molecular complexity index is 399. The summed E-state index contributed by atoms with van der Waals surface area (Å²) in [5, 5.41) is 13.5. The van der Waals surface area contributed by atoms with E-state index in [4.69, 9.17) is 4.74 Å². The van der Waals surface area contributed by atoms with E-state index in [1.807, 2.05) is 30.3 Å². The van der Waals surface area contributed by atoms with Gasteiger partial charge >= 0.3 is 5.97 Å². The Morgan fingerprint density at radius 3 is 2.74 bits per heavy atom. The minimum atomic E-state index is -0.441. The zero-order valence-corrected chi connectivity index (χ0v) is 11.2. The van der Waals surface area contributed by atoms with Gasteiger partial charge in [-0.05, 0) is 24.8 Å². The lowest BCUT2D eigenvalue weighted by molar-refractivity contribution is -0.147. The van der Waals surface area contributed by atoms with Crippen molar-refractivity contribution in [2.24, 2.45) is 0 Å². The maximum atomic E-state index is 10.9. The third-order valence-corrected chi connectivity index (χ3v) is 3.50. The fraction of sp³-hybridized carbons (Fsp3) is 0.533. The third-order valence-electron chi connectivity index (χ3n) is 3.50. The van der Waals surface area contributed by atoms with E-state index >= 15 is 0 Å². The van der Waals surface area contributed by atoms with Crippen LogP contribution in [0.3, 0.4) is 0 Å². The van der Waals surface area contributed by atoms with E-state index in [1.165, 1.54) is 6.92 Å². The standard InChI is InChI=1S/C15H21NO3/c1-11(17)19-14-8-7-13(16-10-14)9-15(18)12-5-3-2-4-6-12/h2-6,13-16,18H,7-10H2,1H3. The summed E-state index contributed by atoms with van der Waals surface area (Å²) < 4.78 is 5.17. The van der Waals surface area contributed by atoms with Crippen molar-refractivity contribution < 1.29 is 14.6 Å². The van der Waals surface area contributed by atoms with E-state index in [2.05, 4.69) is 5.32 Å². The van der Waals surface area contributed by atoms with Crippen molar-refractivity contribution in [1.82, 2.24) is 5.32 Å². The van der Waals surface area contributed by atoms with Crippen molar-refractivity contribution >= 4 is 5.97 Å². The summed E-state index contributed by atoms with van der Waals surface area (Å²) in [6.07, 6.45) is 2.00. The van der Waals surface area contributed by atoms with Gasteiger partial charge in [0.15, 0.2) is 0 Å². The smallest absolute Gasteiger partial charge is 0.302 e. The average molecular weight is 263 g/mol. The molecule has 4 heteroatoms. The summed E-state index contributed by atoms with van der Waals surface area (Å²) in [6.45, 7) is 2.11. The first-order valence-electron chi connectivity index (χ1n) is 6.78. The number of benzene rings is 1. The van der Waals surface area contributed by atoms with Crippen LogP contribution < -0.4 is 5.32 Å². The molecule has 19 heavy (non-hydrogen) atoms. The normalized spacial score (nSPS) is 24.7. The van der Waals surface area contributed by atoms with Crippen LogP contribution in [0.1, 0.15) is 37.9 Å². The minimum Gasteiger partial charge on any atom is -0.461 e. The quantitative estimate of drug-likeness (QED) is 0.813. The number of carbonyl (C=O) groups excluding carboxylic acids is 1. The minimum absolute atomic E-state index is 0.0254. The number of piperidine rings is 1. The van der Waals surface area contributed by atoms with Crippen LogP contribution in [0.15, 0.2) is 30.3 Å². The maximum Gasteiger partial charge on any atom is 0.302 e. The molecular weight excluding hydrogens is 242 g/mol. The van der Waals surface area contributed by atoms with Crippen molar-refractivity contribution in [2.75, 3.05) is 6.54 Å². The molecule has 0 spiro atoms. The van der Waals surface area contributed by atoms with Crippen LogP contribution in [0.2, 0.25) is 0 Å². The van der Waals surface area contributed by atoms with Gasteiger partial charge in [-0.15, -0.1) is 0 Å². The summed E-state index contributed by atoms with van der Waals surface area (Å²) in [6, 6.07) is 9.97. The number of aliphatic hydroxyl groups excluding tert-OH is 1. The number of hydrogen-bond acceptors (Lipinski definition) is 4. The number of carbonyl (C=O) groups is 1. The van der Waals surface area contributed by atoms with E-state index < -0.39 is 6.10 Å². The van der Waals surface area contributed by atoms with Gasteiger partial charge in [0.05, 0.1) is 6.10 Å². The first-order chi connectivity index (χ1) is 9.15. The Morgan fingerprint density at radius 2 is 2.16 bits per heavy atom. The SMILES string of the molecule is CC(=O)OC1CCC(CC(O)c2ccccc2)NC1. The van der Waals surface area contributed by atoms with Crippen LogP contribution in [-0.2, 0) is 9.53 Å². The summed E-state index contributed by atoms with van der Waals surface area (Å²) in [7, 11) is 0. The molecule has 4 nitrogen and oxygen atoms in total. The molecule has 0 bridgehead atoms. The molecule has 1 heterocycles. The highest BCUT2D eigenvalue weighted by atomic mass is 16.5. The third kappa shape index (κ3) is 4.33. The van der Waals surface area contributed by atoms with Crippen LogP contribution >= 0.6 is 0 Å². The predicted molar refractivity (Wildman–Crippen MR) is 72.6 cm³/mol. The monoisotopic (exact) mass is 263 g/mol. The second-order valence-corrected chi connectivity index (χ2v) is 5.08. The number of aliphatic hydroxyl groups is 1. The molecule has 1 aliphatic rings. The molecule has 0 amide bonds. The number of hydrogen-bond donors (Lipinski definition) is 2. The maximum absolute atomic E-state index is 10.9. The summed E-state index contributed by atoms with van der Waals surface area (Å²) in [5.41, 5.74) is 0.950. The molecule has 0 aliphatic carbocycles. The fourth-order valence-electron chi connectivity index (χ4n) is 2.51. The molecule has 0 radical (unpaired) electrons. The first-order valence-corrected chi connectivity index (χ1v) is 6.78. The van der Waals surface area contributed by atoms with Gasteiger partial charge in [-0.1, -0.05) is 30.3 Å².